The fourth-order valence-corrected chi connectivity index (χ4v) is 2.59. The Kier molecular flexibility index (Phi) is 3.78. The van der Waals surface area contributed by atoms with E-state index in [1.807, 2.05) is 24.5 Å². The van der Waals surface area contributed by atoms with Gasteiger partial charge in [0.05, 0.1) is 5.57 Å². The Morgan fingerprint density at radius 1 is 0.792 bits per heavy atom. The van der Waals surface area contributed by atoms with Crippen molar-refractivity contribution in [2.75, 3.05) is 0 Å². The maximum Gasteiger partial charge on any atom is 0.141 e. The Labute approximate surface area is 140 Å². The smallest absolute Gasteiger partial charge is 0.141 e. The first-order valence-corrected chi connectivity index (χ1v) is 7.68. The minimum Gasteiger partial charge on any atom is -0.345 e. The van der Waals surface area contributed by atoms with Gasteiger partial charge in [0.25, 0.3) is 0 Å². The minimum atomic E-state index is 0.785. The van der Waals surface area contributed by atoms with E-state index in [2.05, 4.69) is 68.5 Å². The second-order valence-corrected chi connectivity index (χ2v) is 5.34. The molecule has 2 aromatic carbocycles. The molecular weight excluding hydrogens is 296 g/mol. The summed E-state index contributed by atoms with van der Waals surface area (Å²) in [6, 6.07) is 19.4. The zero-order valence-corrected chi connectivity index (χ0v) is 12.9. The minimum absolute atomic E-state index is 0.785. The first-order chi connectivity index (χ1) is 11.9. The SMILES string of the molecule is [c]1ccc(-c2ccc(C=C(c3ncc[nH]3)c3ncc[nH]3)cc2)cc1. The maximum absolute atomic E-state index is 4.35. The number of benzene rings is 2. The van der Waals surface area contributed by atoms with Gasteiger partial charge < -0.3 is 9.97 Å². The van der Waals surface area contributed by atoms with E-state index >= 15 is 0 Å². The number of imidazole rings is 2. The lowest BCUT2D eigenvalue weighted by Crippen LogP contribution is -1.93. The van der Waals surface area contributed by atoms with Gasteiger partial charge in [-0.15, -0.1) is 0 Å². The van der Waals surface area contributed by atoms with Crippen LogP contribution in [0, 0.1) is 6.07 Å². The van der Waals surface area contributed by atoms with Crippen LogP contribution in [0.5, 0.6) is 0 Å². The highest BCUT2D eigenvalue weighted by Crippen LogP contribution is 2.23. The lowest BCUT2D eigenvalue weighted by atomic mass is 10.0. The standard InChI is InChI=1S/C20H15N4/c1-2-4-16(5-3-1)17-8-6-15(7-9-17)14-18(19-21-10-11-22-19)20-23-12-13-24-20/h2-14H,(H,21,22)(H,23,24). The molecule has 1 radical (unpaired) electrons. The van der Waals surface area contributed by atoms with Crippen molar-refractivity contribution in [3.63, 3.8) is 0 Å². The summed E-state index contributed by atoms with van der Waals surface area (Å²) in [6.45, 7) is 0. The average Bonchev–Trinajstić information content (AvgIpc) is 3.35. The molecule has 4 rings (SSSR count). The zero-order valence-electron chi connectivity index (χ0n) is 12.9. The normalized spacial score (nSPS) is 10.5. The molecule has 0 saturated heterocycles. The predicted octanol–water partition coefficient (Wildman–Crippen LogP) is 4.19. The van der Waals surface area contributed by atoms with Gasteiger partial charge in [0, 0.05) is 24.8 Å². The molecule has 0 spiro atoms. The highest BCUT2D eigenvalue weighted by molar-refractivity contribution is 5.86. The fraction of sp³-hybridized carbons (Fsp3) is 0. The van der Waals surface area contributed by atoms with Crippen LogP contribution < -0.4 is 0 Å². The number of hydrogen-bond acceptors (Lipinski definition) is 2. The maximum atomic E-state index is 4.35. The van der Waals surface area contributed by atoms with Gasteiger partial charge in [-0.25, -0.2) is 9.97 Å². The number of nitrogens with zero attached hydrogens (tertiary/aromatic N) is 2. The molecule has 0 aliphatic heterocycles. The van der Waals surface area contributed by atoms with E-state index in [0.717, 1.165) is 22.8 Å². The molecule has 0 fully saturated rings. The number of rotatable bonds is 4. The third-order valence-electron chi connectivity index (χ3n) is 3.78. The van der Waals surface area contributed by atoms with E-state index in [1.54, 1.807) is 12.4 Å². The molecule has 0 saturated carbocycles. The second kappa shape index (κ2) is 6.38. The van der Waals surface area contributed by atoms with Gasteiger partial charge in [-0.1, -0.05) is 48.5 Å². The van der Waals surface area contributed by atoms with Crippen molar-refractivity contribution < 1.29 is 0 Å². The van der Waals surface area contributed by atoms with Crippen molar-refractivity contribution in [2.45, 2.75) is 0 Å². The van der Waals surface area contributed by atoms with Crippen molar-refractivity contribution >= 4 is 11.6 Å². The molecule has 2 N–H and O–H groups in total. The summed E-state index contributed by atoms with van der Waals surface area (Å²) in [5, 5.41) is 0. The predicted molar refractivity (Wildman–Crippen MR) is 94.9 cm³/mol. The van der Waals surface area contributed by atoms with Gasteiger partial charge in [-0.2, -0.15) is 0 Å². The molecule has 0 unspecified atom stereocenters. The van der Waals surface area contributed by atoms with Gasteiger partial charge in [0.15, 0.2) is 0 Å². The van der Waals surface area contributed by atoms with Gasteiger partial charge in [-0.05, 0) is 28.8 Å². The fourth-order valence-electron chi connectivity index (χ4n) is 2.59. The Hall–Kier alpha value is -3.40. The second-order valence-electron chi connectivity index (χ2n) is 5.34. The average molecular weight is 311 g/mol. The quantitative estimate of drug-likeness (QED) is 0.594. The van der Waals surface area contributed by atoms with Crippen molar-refractivity contribution in [2.24, 2.45) is 0 Å². The van der Waals surface area contributed by atoms with Gasteiger partial charge in [0.1, 0.15) is 11.6 Å². The largest absolute Gasteiger partial charge is 0.345 e. The highest BCUT2D eigenvalue weighted by atomic mass is 14.9. The van der Waals surface area contributed by atoms with E-state index in [4.69, 9.17) is 0 Å². The van der Waals surface area contributed by atoms with Crippen LogP contribution in [0.2, 0.25) is 0 Å². The van der Waals surface area contributed by atoms with E-state index in [1.165, 1.54) is 11.1 Å². The van der Waals surface area contributed by atoms with Gasteiger partial charge >= 0.3 is 0 Å². The first kappa shape index (κ1) is 14.2. The van der Waals surface area contributed by atoms with Gasteiger partial charge in [-0.3, -0.25) is 0 Å². The van der Waals surface area contributed by atoms with E-state index < -0.39 is 0 Å². The Morgan fingerprint density at radius 2 is 1.38 bits per heavy atom. The number of nitrogens with one attached hydrogen (secondary N) is 2. The van der Waals surface area contributed by atoms with Crippen molar-refractivity contribution in [3.05, 3.63) is 96.6 Å². The van der Waals surface area contributed by atoms with Crippen LogP contribution >= 0.6 is 0 Å². The van der Waals surface area contributed by atoms with Gasteiger partial charge in [0.2, 0.25) is 0 Å². The molecule has 0 aliphatic rings. The van der Waals surface area contributed by atoms with Crippen LogP contribution in [0.3, 0.4) is 0 Å². The molecule has 4 aromatic rings. The topological polar surface area (TPSA) is 57.4 Å². The third-order valence-corrected chi connectivity index (χ3v) is 3.78. The van der Waals surface area contributed by atoms with Crippen molar-refractivity contribution in [1.82, 2.24) is 19.9 Å². The number of H-pyrrole nitrogens is 2. The molecule has 2 aromatic heterocycles. The Balaban J connectivity index is 1.70. The van der Waals surface area contributed by atoms with Crippen molar-refractivity contribution in [1.29, 1.82) is 0 Å². The van der Waals surface area contributed by atoms with Crippen LogP contribution in [0.1, 0.15) is 17.2 Å². The Morgan fingerprint density at radius 3 is 1.92 bits per heavy atom. The summed E-state index contributed by atoms with van der Waals surface area (Å²) in [6.07, 6.45) is 9.16. The molecular formula is C20H15N4. The molecule has 0 bridgehead atoms. The van der Waals surface area contributed by atoms with Crippen molar-refractivity contribution in [3.8, 4) is 11.1 Å². The van der Waals surface area contributed by atoms with Crippen LogP contribution in [0.4, 0.5) is 0 Å². The molecule has 115 valence electrons. The molecule has 2 heterocycles. The summed E-state index contributed by atoms with van der Waals surface area (Å²) in [7, 11) is 0. The molecule has 4 nitrogen and oxygen atoms in total. The van der Waals surface area contributed by atoms with Crippen LogP contribution in [-0.2, 0) is 0 Å². The molecule has 24 heavy (non-hydrogen) atoms. The summed E-state index contributed by atoms with van der Waals surface area (Å²) in [5.74, 6) is 1.57. The summed E-state index contributed by atoms with van der Waals surface area (Å²) in [4.78, 5) is 15.0. The first-order valence-electron chi connectivity index (χ1n) is 7.68. The third kappa shape index (κ3) is 2.90. The Bertz CT molecular complexity index is 883. The molecule has 0 amide bonds. The van der Waals surface area contributed by atoms with E-state index in [9.17, 15) is 0 Å². The zero-order chi connectivity index (χ0) is 16.2. The lowest BCUT2D eigenvalue weighted by Gasteiger charge is -2.04. The van der Waals surface area contributed by atoms with Crippen LogP contribution in [0.25, 0.3) is 22.8 Å². The molecule has 0 aliphatic carbocycles. The molecule has 4 heteroatoms. The van der Waals surface area contributed by atoms with E-state index in [-0.39, 0.29) is 0 Å². The monoisotopic (exact) mass is 311 g/mol. The summed E-state index contributed by atoms with van der Waals surface area (Å²) in [5.41, 5.74) is 4.37. The van der Waals surface area contributed by atoms with E-state index in [0.29, 0.717) is 0 Å². The molecule has 0 atom stereocenters. The van der Waals surface area contributed by atoms with Crippen LogP contribution in [0.15, 0.2) is 73.3 Å². The number of hydrogen-bond donors (Lipinski definition) is 2. The summed E-state index contributed by atoms with van der Waals surface area (Å²) >= 11 is 0. The number of aromatic nitrogens is 4. The summed E-state index contributed by atoms with van der Waals surface area (Å²) < 4.78 is 0. The number of aromatic amines is 2. The van der Waals surface area contributed by atoms with Crippen LogP contribution in [-0.4, -0.2) is 19.9 Å². The highest BCUT2D eigenvalue weighted by Gasteiger charge is 2.10. The lowest BCUT2D eigenvalue weighted by molar-refractivity contribution is 1.17.